The van der Waals surface area contributed by atoms with Gasteiger partial charge in [-0.05, 0) is 6.92 Å². The second kappa shape index (κ2) is 3.02. The zero-order valence-electron chi connectivity index (χ0n) is 4.36. The highest BCUT2D eigenvalue weighted by Gasteiger charge is 1.92. The van der Waals surface area contributed by atoms with E-state index in [4.69, 9.17) is 0 Å². The molecule has 42 valence electrons. The minimum atomic E-state index is -0.00984. The second-order valence-electron chi connectivity index (χ2n) is 1.32. The molecule has 1 amide bonds. The van der Waals surface area contributed by atoms with Crippen molar-refractivity contribution in [1.82, 2.24) is 5.32 Å². The fourth-order valence-corrected chi connectivity index (χ4v) is 0.602. The summed E-state index contributed by atoms with van der Waals surface area (Å²) in [5.74, 6) is -0.00984. The maximum atomic E-state index is 10.1. The van der Waals surface area contributed by atoms with E-state index in [-0.39, 0.29) is 10.9 Å². The molecule has 0 aliphatic carbocycles. The van der Waals surface area contributed by atoms with E-state index in [0.29, 0.717) is 0 Å². The van der Waals surface area contributed by atoms with Crippen molar-refractivity contribution < 1.29 is 4.79 Å². The molecule has 0 aliphatic heterocycles. The smallest absolute Gasteiger partial charge is 0.217 e. The molecule has 0 bridgehead atoms. The van der Waals surface area contributed by atoms with Gasteiger partial charge in [-0.3, -0.25) is 4.79 Å². The lowest BCUT2D eigenvalue weighted by atomic mass is 10.6. The molecule has 0 aliphatic rings. The van der Waals surface area contributed by atoms with Crippen LogP contribution in [0, 0.1) is 0 Å². The predicted molar refractivity (Wildman–Crippen MR) is 32.2 cm³/mol. The van der Waals surface area contributed by atoms with E-state index < -0.39 is 0 Å². The van der Waals surface area contributed by atoms with Crippen LogP contribution in [0.4, 0.5) is 0 Å². The number of alkyl halides is 1. The van der Waals surface area contributed by atoms with E-state index in [1.54, 1.807) is 0 Å². The van der Waals surface area contributed by atoms with E-state index in [2.05, 4.69) is 21.2 Å². The van der Waals surface area contributed by atoms with Crippen molar-refractivity contribution in [2.45, 2.75) is 18.8 Å². The molecule has 0 aromatic rings. The summed E-state index contributed by atoms with van der Waals surface area (Å²) in [6, 6.07) is 0. The highest BCUT2D eigenvalue weighted by Crippen LogP contribution is 1.88. The summed E-state index contributed by atoms with van der Waals surface area (Å²) in [5.41, 5.74) is 0. The lowest BCUT2D eigenvalue weighted by molar-refractivity contribution is -0.119. The molecule has 3 heteroatoms. The van der Waals surface area contributed by atoms with E-state index >= 15 is 0 Å². The highest BCUT2D eigenvalue weighted by atomic mass is 79.9. The third-order valence-electron chi connectivity index (χ3n) is 0.402. The zero-order chi connectivity index (χ0) is 5.86. The summed E-state index contributed by atoms with van der Waals surface area (Å²) in [7, 11) is 0. The second-order valence-corrected chi connectivity index (χ2v) is 2.69. The molecular formula is C4H8BrNO. The lowest BCUT2D eigenvalue weighted by Gasteiger charge is -2.00. The van der Waals surface area contributed by atoms with Gasteiger partial charge in [0.15, 0.2) is 0 Å². The van der Waals surface area contributed by atoms with Crippen molar-refractivity contribution in [3.63, 3.8) is 0 Å². The quantitative estimate of drug-likeness (QED) is 0.454. The Morgan fingerprint density at radius 1 is 1.86 bits per heavy atom. The minimum Gasteiger partial charge on any atom is -0.344 e. The van der Waals surface area contributed by atoms with Gasteiger partial charge in [-0.1, -0.05) is 15.9 Å². The van der Waals surface area contributed by atoms with Gasteiger partial charge in [0.25, 0.3) is 0 Å². The maximum absolute atomic E-state index is 10.1. The molecule has 0 aromatic carbocycles. The molecule has 0 heterocycles. The minimum absolute atomic E-state index is 0.00984. The molecule has 7 heavy (non-hydrogen) atoms. The number of hydrogen-bond donors (Lipinski definition) is 1. The van der Waals surface area contributed by atoms with E-state index in [1.165, 1.54) is 6.92 Å². The van der Waals surface area contributed by atoms with E-state index in [9.17, 15) is 4.79 Å². The molecule has 0 rings (SSSR count). The fraction of sp³-hybridized carbons (Fsp3) is 0.750. The monoisotopic (exact) mass is 165 g/mol. The Balaban J connectivity index is 3.13. The number of rotatable bonds is 1. The molecule has 0 aromatic heterocycles. The normalized spacial score (nSPS) is 13.0. The third-order valence-corrected chi connectivity index (χ3v) is 0.631. The van der Waals surface area contributed by atoms with Crippen LogP contribution < -0.4 is 5.32 Å². The van der Waals surface area contributed by atoms with Crippen LogP contribution in [0.1, 0.15) is 13.8 Å². The molecule has 0 radical (unpaired) electrons. The number of carbonyl (C=O) groups excluding carboxylic acids is 1. The van der Waals surface area contributed by atoms with Crippen LogP contribution in [-0.4, -0.2) is 10.9 Å². The topological polar surface area (TPSA) is 29.1 Å². The first-order valence-electron chi connectivity index (χ1n) is 2.04. The standard InChI is InChI=1S/C4H8BrNO/c1-3(5)6-4(2)7/h3H,1-2H3,(H,6,7). The van der Waals surface area contributed by atoms with Crippen molar-refractivity contribution in [3.05, 3.63) is 0 Å². The Labute approximate surface area is 51.4 Å². The number of halogens is 1. The molecule has 1 atom stereocenters. The number of amides is 1. The van der Waals surface area contributed by atoms with Crippen molar-refractivity contribution in [2.24, 2.45) is 0 Å². The first kappa shape index (κ1) is 6.95. The summed E-state index contributed by atoms with van der Waals surface area (Å²) in [5, 5.41) is 2.58. The van der Waals surface area contributed by atoms with Crippen LogP contribution in [0.3, 0.4) is 0 Å². The summed E-state index contributed by atoms with van der Waals surface area (Å²) < 4.78 is 0. The average Bonchev–Trinajstić information content (AvgIpc) is 1.27. The zero-order valence-corrected chi connectivity index (χ0v) is 5.95. The van der Waals surface area contributed by atoms with Crippen LogP contribution in [0.5, 0.6) is 0 Å². The molecule has 0 saturated carbocycles. The third kappa shape index (κ3) is 5.95. The number of nitrogens with one attached hydrogen (secondary N) is 1. The highest BCUT2D eigenvalue weighted by molar-refractivity contribution is 9.09. The van der Waals surface area contributed by atoms with Crippen LogP contribution in [0.15, 0.2) is 0 Å². The molecule has 0 fully saturated rings. The Kier molecular flexibility index (Phi) is 3.00. The van der Waals surface area contributed by atoms with E-state index in [1.807, 2.05) is 6.92 Å². The van der Waals surface area contributed by atoms with Gasteiger partial charge >= 0.3 is 0 Å². The molecule has 1 N–H and O–H groups in total. The molecule has 0 saturated heterocycles. The van der Waals surface area contributed by atoms with Gasteiger partial charge in [0.1, 0.15) is 0 Å². The summed E-state index contributed by atoms with van der Waals surface area (Å²) in [4.78, 5) is 10.2. The number of hydrogen-bond acceptors (Lipinski definition) is 1. The predicted octanol–water partition coefficient (Wildman–Crippen LogP) is 0.863. The van der Waals surface area contributed by atoms with Gasteiger partial charge < -0.3 is 5.32 Å². The molecular weight excluding hydrogens is 158 g/mol. The largest absolute Gasteiger partial charge is 0.344 e. The van der Waals surface area contributed by atoms with E-state index in [0.717, 1.165) is 0 Å². The fourth-order valence-electron chi connectivity index (χ4n) is 0.280. The van der Waals surface area contributed by atoms with Crippen LogP contribution in [0.2, 0.25) is 0 Å². The van der Waals surface area contributed by atoms with Crippen LogP contribution in [0.25, 0.3) is 0 Å². The Morgan fingerprint density at radius 3 is 2.29 bits per heavy atom. The van der Waals surface area contributed by atoms with Gasteiger partial charge in [0, 0.05) is 6.92 Å². The van der Waals surface area contributed by atoms with Gasteiger partial charge in [0.05, 0.1) is 4.95 Å². The maximum Gasteiger partial charge on any atom is 0.217 e. The summed E-state index contributed by atoms with van der Waals surface area (Å²) in [6.07, 6.45) is 0. The average molecular weight is 166 g/mol. The van der Waals surface area contributed by atoms with Gasteiger partial charge in [-0.2, -0.15) is 0 Å². The summed E-state index contributed by atoms with van der Waals surface area (Å²) in [6.45, 7) is 3.33. The van der Waals surface area contributed by atoms with Crippen molar-refractivity contribution in [3.8, 4) is 0 Å². The van der Waals surface area contributed by atoms with Crippen molar-refractivity contribution >= 4 is 21.8 Å². The van der Waals surface area contributed by atoms with Crippen molar-refractivity contribution in [2.75, 3.05) is 0 Å². The summed E-state index contributed by atoms with van der Waals surface area (Å²) >= 11 is 3.14. The van der Waals surface area contributed by atoms with Crippen LogP contribution >= 0.6 is 15.9 Å². The molecule has 2 nitrogen and oxygen atoms in total. The van der Waals surface area contributed by atoms with Gasteiger partial charge in [-0.15, -0.1) is 0 Å². The Bertz CT molecular complexity index is 72.1. The van der Waals surface area contributed by atoms with Crippen LogP contribution in [-0.2, 0) is 4.79 Å². The Hall–Kier alpha value is -0.0500. The SMILES string of the molecule is CC(=O)NC(C)Br. The van der Waals surface area contributed by atoms with Gasteiger partial charge in [0.2, 0.25) is 5.91 Å². The molecule has 1 unspecified atom stereocenters. The number of carbonyl (C=O) groups is 1. The Morgan fingerprint density at radius 2 is 2.29 bits per heavy atom. The van der Waals surface area contributed by atoms with Gasteiger partial charge in [-0.25, -0.2) is 0 Å². The first-order valence-corrected chi connectivity index (χ1v) is 2.95. The molecule has 0 spiro atoms. The lowest BCUT2D eigenvalue weighted by Crippen LogP contribution is -2.24. The first-order chi connectivity index (χ1) is 3.13. The van der Waals surface area contributed by atoms with Crippen molar-refractivity contribution in [1.29, 1.82) is 0 Å².